The fraction of sp³-hybridized carbons (Fsp3) is 0.800. The molecule has 0 aliphatic carbocycles. The van der Waals surface area contributed by atoms with Gasteiger partial charge in [-0.1, -0.05) is 29.8 Å². The van der Waals surface area contributed by atoms with E-state index in [1.165, 1.54) is 0 Å². The second-order valence-electron chi connectivity index (χ2n) is 3.14. The molecule has 0 aromatic carbocycles. The summed E-state index contributed by atoms with van der Waals surface area (Å²) in [7, 11) is 0. The Labute approximate surface area is 103 Å². The van der Waals surface area contributed by atoms with Crippen molar-refractivity contribution in [1.29, 1.82) is 0 Å². The molecule has 16 heavy (non-hydrogen) atoms. The van der Waals surface area contributed by atoms with Crippen LogP contribution in [0.1, 0.15) is 26.7 Å². The Morgan fingerprint density at radius 1 is 1.12 bits per heavy atom. The van der Waals surface area contributed by atoms with Gasteiger partial charge < -0.3 is 9.47 Å². The van der Waals surface area contributed by atoms with E-state index in [0.29, 0.717) is 12.8 Å². The maximum Gasteiger partial charge on any atom is 0.342 e. The highest BCUT2D eigenvalue weighted by molar-refractivity contribution is 9.10. The van der Waals surface area contributed by atoms with E-state index in [1.807, 2.05) is 6.92 Å². The number of hydrogen-bond acceptors (Lipinski definition) is 4. The van der Waals surface area contributed by atoms with Crippen molar-refractivity contribution in [2.75, 3.05) is 13.2 Å². The van der Waals surface area contributed by atoms with E-state index in [2.05, 4.69) is 20.7 Å². The van der Waals surface area contributed by atoms with Crippen LogP contribution >= 0.6 is 15.9 Å². The summed E-state index contributed by atoms with van der Waals surface area (Å²) in [6.45, 7) is 3.96. The van der Waals surface area contributed by atoms with Crippen molar-refractivity contribution in [2.24, 2.45) is 0 Å². The Morgan fingerprint density at radius 3 is 2.00 bits per heavy atom. The minimum absolute atomic E-state index is 0.142. The second-order valence-corrected chi connectivity index (χ2v) is 4.13. The molecule has 0 unspecified atom stereocenters. The summed E-state index contributed by atoms with van der Waals surface area (Å²) >= 11 is 2.78. The highest BCUT2D eigenvalue weighted by atomic mass is 79.9. The summed E-state index contributed by atoms with van der Waals surface area (Å²) in [5, 5.41) is 0. The van der Waals surface area contributed by atoms with Crippen LogP contribution in [0, 0.1) is 0 Å². The van der Waals surface area contributed by atoms with Crippen LogP contribution in [-0.4, -0.2) is 36.2 Å². The molecule has 0 amide bonds. The lowest BCUT2D eigenvalue weighted by Crippen LogP contribution is -2.35. The number of hydrogen-bond donors (Lipinski definition) is 0. The number of rotatable bonds is 7. The molecule has 0 rings (SSSR count). The first-order valence-corrected chi connectivity index (χ1v) is 6.07. The average Bonchev–Trinajstić information content (AvgIpc) is 2.30. The molecule has 0 aromatic rings. The van der Waals surface area contributed by atoms with Crippen molar-refractivity contribution < 1.29 is 23.5 Å². The van der Waals surface area contributed by atoms with Crippen molar-refractivity contribution in [3.63, 3.8) is 0 Å². The minimum Gasteiger partial charge on any atom is -0.465 e. The van der Waals surface area contributed by atoms with Crippen LogP contribution in [0.25, 0.3) is 0 Å². The summed E-state index contributed by atoms with van der Waals surface area (Å²) < 4.78 is 22.6. The van der Waals surface area contributed by atoms with Crippen molar-refractivity contribution >= 4 is 27.9 Å². The number of carbonyl (C=O) groups excluding carboxylic acids is 2. The van der Waals surface area contributed by atoms with Gasteiger partial charge in [0.05, 0.1) is 13.2 Å². The molecule has 0 aromatic heterocycles. The number of alkyl halides is 2. The molecule has 94 valence electrons. The van der Waals surface area contributed by atoms with Gasteiger partial charge in [-0.25, -0.2) is 9.18 Å². The minimum atomic E-state index is -2.03. The van der Waals surface area contributed by atoms with E-state index in [4.69, 9.17) is 4.74 Å². The first-order chi connectivity index (χ1) is 7.54. The third-order valence-electron chi connectivity index (χ3n) is 1.60. The van der Waals surface area contributed by atoms with E-state index >= 15 is 0 Å². The Kier molecular flexibility index (Phi) is 8.15. The standard InChI is InChI=1S/C10H16BrFO4/c1-3-5-15-9(13)7(11)8(12)10(14)16-6-4-2/h7-8H,3-6H2,1-2H3/t7-,8-/m0/s1. The van der Waals surface area contributed by atoms with E-state index in [-0.39, 0.29) is 13.2 Å². The van der Waals surface area contributed by atoms with Gasteiger partial charge >= 0.3 is 11.9 Å². The molecule has 0 saturated carbocycles. The lowest BCUT2D eigenvalue weighted by molar-refractivity contribution is -0.155. The Morgan fingerprint density at radius 2 is 1.56 bits per heavy atom. The predicted octanol–water partition coefficient (Wildman–Crippen LogP) is 1.99. The van der Waals surface area contributed by atoms with Gasteiger partial charge in [-0.3, -0.25) is 4.79 Å². The maximum absolute atomic E-state index is 13.4. The molecule has 0 radical (unpaired) electrons. The third kappa shape index (κ3) is 5.44. The molecule has 0 fully saturated rings. The number of esters is 2. The third-order valence-corrected chi connectivity index (χ3v) is 2.44. The smallest absolute Gasteiger partial charge is 0.342 e. The fourth-order valence-corrected chi connectivity index (χ4v) is 1.15. The summed E-state index contributed by atoms with van der Waals surface area (Å²) in [5.74, 6) is -1.83. The Bertz CT molecular complexity index is 211. The van der Waals surface area contributed by atoms with Gasteiger partial charge in [-0.2, -0.15) is 0 Å². The molecule has 0 spiro atoms. The van der Waals surface area contributed by atoms with E-state index in [1.54, 1.807) is 6.92 Å². The predicted molar refractivity (Wildman–Crippen MR) is 60.1 cm³/mol. The molecule has 4 nitrogen and oxygen atoms in total. The van der Waals surface area contributed by atoms with Crippen LogP contribution in [-0.2, 0) is 19.1 Å². The quantitative estimate of drug-likeness (QED) is 0.533. The van der Waals surface area contributed by atoms with Crippen LogP contribution in [0.5, 0.6) is 0 Å². The lowest BCUT2D eigenvalue weighted by atomic mass is 10.3. The molecule has 6 heteroatoms. The molecule has 0 N–H and O–H groups in total. The molecule has 0 aliphatic rings. The van der Waals surface area contributed by atoms with Crippen molar-refractivity contribution in [3.8, 4) is 0 Å². The summed E-state index contributed by atoms with van der Waals surface area (Å²) in [4.78, 5) is 21.0. The first-order valence-electron chi connectivity index (χ1n) is 5.16. The lowest BCUT2D eigenvalue weighted by Gasteiger charge is -2.13. The van der Waals surface area contributed by atoms with Gasteiger partial charge in [0, 0.05) is 0 Å². The molecule has 0 saturated heterocycles. The molecular weight excluding hydrogens is 283 g/mol. The van der Waals surface area contributed by atoms with Crippen molar-refractivity contribution in [2.45, 2.75) is 37.7 Å². The fourth-order valence-electron chi connectivity index (χ4n) is 0.803. The Hall–Kier alpha value is -0.650. The maximum atomic E-state index is 13.4. The highest BCUT2D eigenvalue weighted by Gasteiger charge is 2.34. The highest BCUT2D eigenvalue weighted by Crippen LogP contribution is 2.13. The van der Waals surface area contributed by atoms with Crippen LogP contribution in [0.4, 0.5) is 4.39 Å². The molecular formula is C10H16BrFO4. The monoisotopic (exact) mass is 298 g/mol. The van der Waals surface area contributed by atoms with E-state index in [9.17, 15) is 14.0 Å². The number of halogens is 2. The zero-order chi connectivity index (χ0) is 12.6. The topological polar surface area (TPSA) is 52.6 Å². The SMILES string of the molecule is CCCOC(=O)[C@@H](F)[C@H](Br)C(=O)OCCC. The summed E-state index contributed by atoms with van der Waals surface area (Å²) in [5.41, 5.74) is 0. The van der Waals surface area contributed by atoms with Crippen molar-refractivity contribution in [3.05, 3.63) is 0 Å². The molecule has 0 heterocycles. The van der Waals surface area contributed by atoms with Crippen LogP contribution in [0.3, 0.4) is 0 Å². The Balaban J connectivity index is 4.09. The summed E-state index contributed by atoms with van der Waals surface area (Å²) in [6, 6.07) is 0. The zero-order valence-corrected chi connectivity index (χ0v) is 11.0. The van der Waals surface area contributed by atoms with Gasteiger partial charge in [0.1, 0.15) is 0 Å². The van der Waals surface area contributed by atoms with Crippen LogP contribution < -0.4 is 0 Å². The number of ether oxygens (including phenoxy) is 2. The van der Waals surface area contributed by atoms with Crippen molar-refractivity contribution in [1.82, 2.24) is 0 Å². The first kappa shape index (κ1) is 15.3. The summed E-state index contributed by atoms with van der Waals surface area (Å²) in [6.07, 6.45) is -0.787. The van der Waals surface area contributed by atoms with E-state index in [0.717, 1.165) is 0 Å². The van der Waals surface area contributed by atoms with Crippen LogP contribution in [0.2, 0.25) is 0 Å². The molecule has 0 bridgehead atoms. The van der Waals surface area contributed by atoms with Gasteiger partial charge in [0.25, 0.3) is 0 Å². The van der Waals surface area contributed by atoms with Gasteiger partial charge in [0.15, 0.2) is 4.83 Å². The largest absolute Gasteiger partial charge is 0.465 e. The van der Waals surface area contributed by atoms with Gasteiger partial charge in [0.2, 0.25) is 6.17 Å². The second kappa shape index (κ2) is 8.50. The normalized spacial score (nSPS) is 14.0. The number of carbonyl (C=O) groups is 2. The molecule has 0 aliphatic heterocycles. The zero-order valence-electron chi connectivity index (χ0n) is 9.37. The van der Waals surface area contributed by atoms with Gasteiger partial charge in [-0.15, -0.1) is 0 Å². The van der Waals surface area contributed by atoms with Gasteiger partial charge in [-0.05, 0) is 12.8 Å². The van der Waals surface area contributed by atoms with E-state index < -0.39 is 22.9 Å². The average molecular weight is 299 g/mol. The molecule has 2 atom stereocenters. The van der Waals surface area contributed by atoms with Crippen LogP contribution in [0.15, 0.2) is 0 Å².